The average Bonchev–Trinajstić information content (AvgIpc) is 2.29. The molecule has 3 heteroatoms. The maximum atomic E-state index is 6.05. The highest BCUT2D eigenvalue weighted by atomic mass is 16.5. The third-order valence-electron chi connectivity index (χ3n) is 4.05. The summed E-state index contributed by atoms with van der Waals surface area (Å²) >= 11 is 0. The van der Waals surface area contributed by atoms with Gasteiger partial charge in [0.2, 0.25) is 0 Å². The molecule has 0 aliphatic heterocycles. The van der Waals surface area contributed by atoms with Crippen LogP contribution in [0.5, 0.6) is 0 Å². The minimum atomic E-state index is 0.360. The van der Waals surface area contributed by atoms with Crippen molar-refractivity contribution in [1.29, 1.82) is 0 Å². The normalized spacial score (nSPS) is 29.8. The first-order valence-corrected chi connectivity index (χ1v) is 7.08. The number of nitrogens with zero attached hydrogens (tertiary/aromatic N) is 1. The van der Waals surface area contributed by atoms with Crippen LogP contribution in [-0.2, 0) is 4.74 Å². The van der Waals surface area contributed by atoms with E-state index in [2.05, 4.69) is 18.9 Å². The van der Waals surface area contributed by atoms with Gasteiger partial charge in [0.15, 0.2) is 0 Å². The van der Waals surface area contributed by atoms with E-state index >= 15 is 0 Å². The minimum absolute atomic E-state index is 0.360. The lowest BCUT2D eigenvalue weighted by molar-refractivity contribution is 0.0735. The number of likely N-dealkylation sites (N-methyl/N-ethyl adjacent to an activating group) is 1. The number of nitrogens with two attached hydrogens (primary N) is 1. The van der Waals surface area contributed by atoms with Crippen molar-refractivity contribution in [1.82, 2.24) is 4.90 Å². The summed E-state index contributed by atoms with van der Waals surface area (Å²) < 4.78 is 5.41. The number of hydrogen-bond acceptors (Lipinski definition) is 3. The highest BCUT2D eigenvalue weighted by molar-refractivity contribution is 4.88. The van der Waals surface area contributed by atoms with E-state index in [0.29, 0.717) is 5.41 Å². The Hall–Kier alpha value is -0.120. The van der Waals surface area contributed by atoms with Crippen LogP contribution in [0.1, 0.15) is 39.5 Å². The van der Waals surface area contributed by atoms with E-state index in [-0.39, 0.29) is 0 Å². The number of rotatable bonds is 7. The molecule has 17 heavy (non-hydrogen) atoms. The zero-order valence-corrected chi connectivity index (χ0v) is 11.9. The van der Waals surface area contributed by atoms with Crippen molar-refractivity contribution in [3.8, 4) is 0 Å². The fourth-order valence-electron chi connectivity index (χ4n) is 3.18. The fourth-order valence-corrected chi connectivity index (χ4v) is 3.18. The molecule has 0 radical (unpaired) electrons. The van der Waals surface area contributed by atoms with E-state index in [1.807, 2.05) is 6.92 Å². The van der Waals surface area contributed by atoms with Gasteiger partial charge in [0.05, 0.1) is 6.61 Å². The molecule has 0 amide bonds. The molecule has 2 atom stereocenters. The zero-order chi connectivity index (χ0) is 12.7. The van der Waals surface area contributed by atoms with Crippen molar-refractivity contribution in [2.45, 2.75) is 39.5 Å². The Balaban J connectivity index is 2.39. The first-order valence-electron chi connectivity index (χ1n) is 7.08. The highest BCUT2D eigenvalue weighted by Crippen LogP contribution is 2.38. The highest BCUT2D eigenvalue weighted by Gasteiger charge is 2.34. The Bertz CT molecular complexity index is 210. The molecule has 0 aromatic rings. The third-order valence-corrected chi connectivity index (χ3v) is 4.05. The summed E-state index contributed by atoms with van der Waals surface area (Å²) in [6.45, 7) is 9.03. The maximum Gasteiger partial charge on any atom is 0.0593 e. The van der Waals surface area contributed by atoms with Crippen molar-refractivity contribution in [2.24, 2.45) is 17.1 Å². The summed E-state index contributed by atoms with van der Waals surface area (Å²) in [7, 11) is 2.19. The van der Waals surface area contributed by atoms with E-state index in [9.17, 15) is 0 Å². The van der Waals surface area contributed by atoms with Crippen LogP contribution in [0, 0.1) is 11.3 Å². The van der Waals surface area contributed by atoms with Crippen LogP contribution >= 0.6 is 0 Å². The smallest absolute Gasteiger partial charge is 0.0593 e. The molecule has 0 saturated heterocycles. The van der Waals surface area contributed by atoms with Crippen LogP contribution in [0.15, 0.2) is 0 Å². The maximum absolute atomic E-state index is 6.05. The Morgan fingerprint density at radius 3 is 2.82 bits per heavy atom. The molecule has 1 rings (SSSR count). The Morgan fingerprint density at radius 1 is 1.47 bits per heavy atom. The first-order chi connectivity index (χ1) is 8.12. The van der Waals surface area contributed by atoms with Gasteiger partial charge in [-0.2, -0.15) is 0 Å². The summed E-state index contributed by atoms with van der Waals surface area (Å²) in [5, 5.41) is 0. The van der Waals surface area contributed by atoms with Crippen LogP contribution in [0.3, 0.4) is 0 Å². The predicted octanol–water partition coefficient (Wildman–Crippen LogP) is 2.11. The number of ether oxygens (including phenoxy) is 1. The van der Waals surface area contributed by atoms with E-state index in [4.69, 9.17) is 10.5 Å². The monoisotopic (exact) mass is 242 g/mol. The van der Waals surface area contributed by atoms with Crippen molar-refractivity contribution in [2.75, 3.05) is 39.9 Å². The zero-order valence-electron chi connectivity index (χ0n) is 11.9. The van der Waals surface area contributed by atoms with Crippen molar-refractivity contribution >= 4 is 0 Å². The molecule has 3 nitrogen and oxygen atoms in total. The van der Waals surface area contributed by atoms with Gasteiger partial charge in [-0.3, -0.25) is 0 Å². The van der Waals surface area contributed by atoms with Crippen molar-refractivity contribution in [3.05, 3.63) is 0 Å². The van der Waals surface area contributed by atoms with Crippen LogP contribution in [0.4, 0.5) is 0 Å². The second kappa shape index (κ2) is 7.34. The van der Waals surface area contributed by atoms with Gasteiger partial charge in [0.1, 0.15) is 0 Å². The van der Waals surface area contributed by atoms with Gasteiger partial charge in [-0.15, -0.1) is 0 Å². The van der Waals surface area contributed by atoms with E-state index in [1.165, 1.54) is 25.7 Å². The molecule has 102 valence electrons. The molecule has 0 spiro atoms. The Morgan fingerprint density at radius 2 is 2.24 bits per heavy atom. The lowest BCUT2D eigenvalue weighted by atomic mass is 9.70. The molecule has 0 heterocycles. The van der Waals surface area contributed by atoms with Gasteiger partial charge >= 0.3 is 0 Å². The van der Waals surface area contributed by atoms with Gasteiger partial charge in [-0.1, -0.05) is 19.8 Å². The third kappa shape index (κ3) is 4.94. The van der Waals surface area contributed by atoms with Gasteiger partial charge in [-0.25, -0.2) is 0 Å². The second-order valence-electron chi connectivity index (χ2n) is 5.84. The summed E-state index contributed by atoms with van der Waals surface area (Å²) in [4.78, 5) is 2.39. The SMILES string of the molecule is CCOCCN(C)CC1(CN)CCCC(C)C1. The summed E-state index contributed by atoms with van der Waals surface area (Å²) in [5.74, 6) is 0.840. The largest absolute Gasteiger partial charge is 0.380 e. The molecule has 2 unspecified atom stereocenters. The van der Waals surface area contributed by atoms with Crippen LogP contribution in [-0.4, -0.2) is 44.8 Å². The Kier molecular flexibility index (Phi) is 6.45. The summed E-state index contributed by atoms with van der Waals surface area (Å²) in [6.07, 6.45) is 5.32. The average molecular weight is 242 g/mol. The molecule has 1 aliphatic carbocycles. The standard InChI is InChI=1S/C14H30N2O/c1-4-17-9-8-16(3)12-14(11-15)7-5-6-13(2)10-14/h13H,4-12,15H2,1-3H3. The van der Waals surface area contributed by atoms with Crippen LogP contribution in [0.2, 0.25) is 0 Å². The molecular weight excluding hydrogens is 212 g/mol. The van der Waals surface area contributed by atoms with Crippen molar-refractivity contribution < 1.29 is 4.74 Å². The van der Waals surface area contributed by atoms with E-state index in [1.54, 1.807) is 0 Å². The predicted molar refractivity (Wildman–Crippen MR) is 73.1 cm³/mol. The Labute approximate surface area is 107 Å². The molecule has 1 saturated carbocycles. The van der Waals surface area contributed by atoms with Crippen LogP contribution in [0.25, 0.3) is 0 Å². The van der Waals surface area contributed by atoms with Gasteiger partial charge in [0.25, 0.3) is 0 Å². The first kappa shape index (κ1) is 14.9. The summed E-state index contributed by atoms with van der Waals surface area (Å²) in [6, 6.07) is 0. The van der Waals surface area contributed by atoms with Gasteiger partial charge < -0.3 is 15.4 Å². The minimum Gasteiger partial charge on any atom is -0.380 e. The van der Waals surface area contributed by atoms with E-state index in [0.717, 1.165) is 38.8 Å². The van der Waals surface area contributed by atoms with E-state index < -0.39 is 0 Å². The van der Waals surface area contributed by atoms with Crippen LogP contribution < -0.4 is 5.73 Å². The quantitative estimate of drug-likeness (QED) is 0.695. The molecule has 1 fully saturated rings. The molecule has 0 bridgehead atoms. The lowest BCUT2D eigenvalue weighted by Crippen LogP contribution is -2.44. The lowest BCUT2D eigenvalue weighted by Gasteiger charge is -2.41. The fraction of sp³-hybridized carbons (Fsp3) is 1.00. The second-order valence-corrected chi connectivity index (χ2v) is 5.84. The topological polar surface area (TPSA) is 38.5 Å². The molecule has 0 aromatic heterocycles. The van der Waals surface area contributed by atoms with Crippen molar-refractivity contribution in [3.63, 3.8) is 0 Å². The molecular formula is C14H30N2O. The molecule has 2 N–H and O–H groups in total. The summed E-state index contributed by atoms with van der Waals surface area (Å²) in [5.41, 5.74) is 6.41. The van der Waals surface area contributed by atoms with Gasteiger partial charge in [-0.05, 0) is 44.7 Å². The molecule has 0 aromatic carbocycles. The van der Waals surface area contributed by atoms with Gasteiger partial charge in [0, 0.05) is 19.7 Å². The number of hydrogen-bond donors (Lipinski definition) is 1. The molecule has 1 aliphatic rings.